The van der Waals surface area contributed by atoms with Crippen molar-refractivity contribution in [2.45, 2.75) is 32.7 Å². The van der Waals surface area contributed by atoms with Crippen molar-refractivity contribution in [1.82, 2.24) is 5.32 Å². The molecule has 1 amide bonds. The lowest BCUT2D eigenvalue weighted by molar-refractivity contribution is -0.118. The summed E-state index contributed by atoms with van der Waals surface area (Å²) in [5, 5.41) is 3.34. The molecule has 0 aliphatic heterocycles. The molecule has 0 saturated carbocycles. The van der Waals surface area contributed by atoms with E-state index in [-0.39, 0.29) is 18.4 Å². The van der Waals surface area contributed by atoms with Crippen molar-refractivity contribution in [1.29, 1.82) is 0 Å². The Bertz CT molecular complexity index is 380. The largest absolute Gasteiger partial charge is 0.494 e. The molecule has 0 aliphatic rings. The standard InChI is InChI=1S/C14H22N2O2/c1-3-9-16-12(10-14(15)17)11-7-5-6-8-13(11)18-4-2/h5-8,12,16H,3-4,9-10H2,1-2H3,(H2,15,17). The molecule has 1 aromatic rings. The lowest BCUT2D eigenvalue weighted by Gasteiger charge is -2.20. The summed E-state index contributed by atoms with van der Waals surface area (Å²) in [5.74, 6) is 0.504. The van der Waals surface area contributed by atoms with Gasteiger partial charge in [0.2, 0.25) is 5.91 Å². The Kier molecular flexibility index (Phi) is 6.22. The van der Waals surface area contributed by atoms with Crippen molar-refractivity contribution in [3.8, 4) is 5.75 Å². The second kappa shape index (κ2) is 7.71. The number of carbonyl (C=O) groups is 1. The number of para-hydroxylation sites is 1. The molecule has 4 nitrogen and oxygen atoms in total. The van der Waals surface area contributed by atoms with Gasteiger partial charge in [-0.1, -0.05) is 25.1 Å². The molecular formula is C14H22N2O2. The number of benzene rings is 1. The van der Waals surface area contributed by atoms with E-state index in [4.69, 9.17) is 10.5 Å². The van der Waals surface area contributed by atoms with Crippen molar-refractivity contribution in [3.63, 3.8) is 0 Å². The van der Waals surface area contributed by atoms with Crippen LogP contribution in [0.25, 0.3) is 0 Å². The van der Waals surface area contributed by atoms with Gasteiger partial charge in [-0.15, -0.1) is 0 Å². The smallest absolute Gasteiger partial charge is 0.219 e. The fourth-order valence-corrected chi connectivity index (χ4v) is 1.87. The summed E-state index contributed by atoms with van der Waals surface area (Å²) in [7, 11) is 0. The van der Waals surface area contributed by atoms with Gasteiger partial charge in [0.05, 0.1) is 6.61 Å². The summed E-state index contributed by atoms with van der Waals surface area (Å²) < 4.78 is 5.59. The average Bonchev–Trinajstić information content (AvgIpc) is 2.35. The quantitative estimate of drug-likeness (QED) is 0.741. The first-order chi connectivity index (χ1) is 8.69. The second-order valence-corrected chi connectivity index (χ2v) is 4.15. The number of nitrogens with one attached hydrogen (secondary N) is 1. The van der Waals surface area contributed by atoms with Gasteiger partial charge in [0.1, 0.15) is 5.75 Å². The summed E-state index contributed by atoms with van der Waals surface area (Å²) in [5.41, 5.74) is 6.30. The summed E-state index contributed by atoms with van der Waals surface area (Å²) in [4.78, 5) is 11.2. The summed E-state index contributed by atoms with van der Waals surface area (Å²) in [6.45, 7) is 5.48. The topological polar surface area (TPSA) is 64.3 Å². The first-order valence-electron chi connectivity index (χ1n) is 6.42. The minimum Gasteiger partial charge on any atom is -0.494 e. The number of carbonyl (C=O) groups excluding carboxylic acids is 1. The molecular weight excluding hydrogens is 228 g/mol. The van der Waals surface area contributed by atoms with Crippen LogP contribution in [-0.2, 0) is 4.79 Å². The van der Waals surface area contributed by atoms with Gasteiger partial charge in [0.15, 0.2) is 0 Å². The first-order valence-corrected chi connectivity index (χ1v) is 6.42. The number of ether oxygens (including phenoxy) is 1. The highest BCUT2D eigenvalue weighted by Gasteiger charge is 2.17. The predicted octanol–water partition coefficient (Wildman–Crippen LogP) is 2.00. The van der Waals surface area contributed by atoms with Crippen molar-refractivity contribution < 1.29 is 9.53 Å². The fourth-order valence-electron chi connectivity index (χ4n) is 1.87. The Morgan fingerprint density at radius 2 is 2.11 bits per heavy atom. The van der Waals surface area contributed by atoms with Gasteiger partial charge < -0.3 is 15.8 Å². The van der Waals surface area contributed by atoms with E-state index in [1.807, 2.05) is 31.2 Å². The molecule has 0 bridgehead atoms. The Balaban J connectivity index is 2.91. The minimum atomic E-state index is -0.310. The van der Waals surface area contributed by atoms with Crippen LogP contribution in [0.4, 0.5) is 0 Å². The molecule has 0 aliphatic carbocycles. The molecule has 0 aromatic heterocycles. The molecule has 4 heteroatoms. The van der Waals surface area contributed by atoms with E-state index >= 15 is 0 Å². The number of nitrogens with two attached hydrogens (primary N) is 1. The highest BCUT2D eigenvalue weighted by Crippen LogP contribution is 2.27. The van der Waals surface area contributed by atoms with Gasteiger partial charge in [-0.3, -0.25) is 4.79 Å². The van der Waals surface area contributed by atoms with Crippen LogP contribution < -0.4 is 15.8 Å². The Morgan fingerprint density at radius 1 is 1.39 bits per heavy atom. The fraction of sp³-hybridized carbons (Fsp3) is 0.500. The van der Waals surface area contributed by atoms with E-state index in [9.17, 15) is 4.79 Å². The monoisotopic (exact) mass is 250 g/mol. The Hall–Kier alpha value is -1.55. The second-order valence-electron chi connectivity index (χ2n) is 4.15. The molecule has 1 aromatic carbocycles. The molecule has 18 heavy (non-hydrogen) atoms. The molecule has 1 unspecified atom stereocenters. The lowest BCUT2D eigenvalue weighted by Crippen LogP contribution is -2.27. The van der Waals surface area contributed by atoms with E-state index in [0.717, 1.165) is 24.3 Å². The zero-order valence-corrected chi connectivity index (χ0v) is 11.1. The molecule has 1 rings (SSSR count). The van der Waals surface area contributed by atoms with Crippen LogP contribution in [0.2, 0.25) is 0 Å². The minimum absolute atomic E-state index is 0.0785. The first kappa shape index (κ1) is 14.5. The third kappa shape index (κ3) is 4.37. The van der Waals surface area contributed by atoms with Gasteiger partial charge >= 0.3 is 0 Å². The van der Waals surface area contributed by atoms with Crippen molar-refractivity contribution in [2.75, 3.05) is 13.2 Å². The summed E-state index contributed by atoms with van der Waals surface area (Å²) in [6.07, 6.45) is 1.29. The van der Waals surface area contributed by atoms with Crippen molar-refractivity contribution in [3.05, 3.63) is 29.8 Å². The van der Waals surface area contributed by atoms with Crippen molar-refractivity contribution in [2.24, 2.45) is 5.73 Å². The van der Waals surface area contributed by atoms with Crippen molar-refractivity contribution >= 4 is 5.91 Å². The van der Waals surface area contributed by atoms with E-state index in [1.165, 1.54) is 0 Å². The number of hydrogen-bond donors (Lipinski definition) is 2. The molecule has 0 spiro atoms. The van der Waals surface area contributed by atoms with Crippen LogP contribution in [0.5, 0.6) is 5.75 Å². The number of amides is 1. The Morgan fingerprint density at radius 3 is 2.72 bits per heavy atom. The van der Waals surface area contributed by atoms with Gasteiger partial charge in [0, 0.05) is 18.0 Å². The van der Waals surface area contributed by atoms with Gasteiger partial charge in [-0.2, -0.15) is 0 Å². The molecule has 0 heterocycles. The molecule has 100 valence electrons. The third-order valence-corrected chi connectivity index (χ3v) is 2.64. The van der Waals surface area contributed by atoms with Gasteiger partial charge in [-0.05, 0) is 26.0 Å². The van der Waals surface area contributed by atoms with Crippen LogP contribution in [0.15, 0.2) is 24.3 Å². The summed E-state index contributed by atoms with van der Waals surface area (Å²) >= 11 is 0. The molecule has 0 fully saturated rings. The van der Waals surface area contributed by atoms with Crippen LogP contribution >= 0.6 is 0 Å². The highest BCUT2D eigenvalue weighted by molar-refractivity contribution is 5.74. The maximum Gasteiger partial charge on any atom is 0.219 e. The lowest BCUT2D eigenvalue weighted by atomic mass is 10.0. The number of hydrogen-bond acceptors (Lipinski definition) is 3. The van der Waals surface area contributed by atoms with Crippen LogP contribution in [0, 0.1) is 0 Å². The van der Waals surface area contributed by atoms with Gasteiger partial charge in [-0.25, -0.2) is 0 Å². The predicted molar refractivity (Wildman–Crippen MR) is 72.5 cm³/mol. The maximum atomic E-state index is 11.2. The zero-order valence-electron chi connectivity index (χ0n) is 11.1. The van der Waals surface area contributed by atoms with Gasteiger partial charge in [0.25, 0.3) is 0 Å². The molecule has 1 atom stereocenters. The normalized spacial score (nSPS) is 12.1. The molecule has 3 N–H and O–H groups in total. The van der Waals surface area contributed by atoms with E-state index in [1.54, 1.807) is 0 Å². The number of rotatable bonds is 8. The van der Waals surface area contributed by atoms with E-state index in [2.05, 4.69) is 12.2 Å². The van der Waals surface area contributed by atoms with Crippen LogP contribution in [0.1, 0.15) is 38.3 Å². The van der Waals surface area contributed by atoms with Crippen LogP contribution in [-0.4, -0.2) is 19.1 Å². The third-order valence-electron chi connectivity index (χ3n) is 2.64. The summed E-state index contributed by atoms with van der Waals surface area (Å²) in [6, 6.07) is 7.68. The zero-order chi connectivity index (χ0) is 13.4. The molecule has 0 radical (unpaired) electrons. The maximum absolute atomic E-state index is 11.2. The Labute approximate surface area is 109 Å². The highest BCUT2D eigenvalue weighted by atomic mass is 16.5. The average molecular weight is 250 g/mol. The van der Waals surface area contributed by atoms with Crippen LogP contribution in [0.3, 0.4) is 0 Å². The number of primary amides is 1. The SMILES string of the molecule is CCCNC(CC(N)=O)c1ccccc1OCC. The molecule has 0 saturated heterocycles. The van der Waals surface area contributed by atoms with E-state index < -0.39 is 0 Å². The van der Waals surface area contributed by atoms with E-state index in [0.29, 0.717) is 6.61 Å².